The second-order valence-electron chi connectivity index (χ2n) is 5.64. The van der Waals surface area contributed by atoms with E-state index in [1.165, 1.54) is 25.9 Å². The van der Waals surface area contributed by atoms with E-state index in [9.17, 15) is 4.79 Å². The molecular weight excluding hydrogens is 332 g/mol. The molecule has 1 aromatic carbocycles. The SMILES string of the molecule is COc1ccc(C(=O)NCCC2CCN(C)CC2)cc1Br. The third-order valence-electron chi connectivity index (χ3n) is 4.09. The zero-order chi connectivity index (χ0) is 15.2. The number of methoxy groups -OCH3 is 1. The molecule has 1 saturated heterocycles. The van der Waals surface area contributed by atoms with Crippen LogP contribution in [0.3, 0.4) is 0 Å². The number of likely N-dealkylation sites (tertiary alicyclic amines) is 1. The molecule has 0 radical (unpaired) electrons. The summed E-state index contributed by atoms with van der Waals surface area (Å²) in [5, 5.41) is 3.01. The molecule has 1 amide bonds. The molecule has 0 aliphatic carbocycles. The van der Waals surface area contributed by atoms with Crippen molar-refractivity contribution in [2.24, 2.45) is 5.92 Å². The molecule has 21 heavy (non-hydrogen) atoms. The highest BCUT2D eigenvalue weighted by atomic mass is 79.9. The van der Waals surface area contributed by atoms with Crippen molar-refractivity contribution in [3.8, 4) is 5.75 Å². The van der Waals surface area contributed by atoms with E-state index in [0.29, 0.717) is 5.56 Å². The van der Waals surface area contributed by atoms with Crippen molar-refractivity contribution in [2.45, 2.75) is 19.3 Å². The third-order valence-corrected chi connectivity index (χ3v) is 4.71. The minimum absolute atomic E-state index is 0.0220. The summed E-state index contributed by atoms with van der Waals surface area (Å²) in [6.07, 6.45) is 3.54. The molecule has 2 rings (SSSR count). The van der Waals surface area contributed by atoms with Gasteiger partial charge in [0.1, 0.15) is 5.75 Å². The Labute approximate surface area is 135 Å². The summed E-state index contributed by atoms with van der Waals surface area (Å²) in [4.78, 5) is 14.5. The molecular formula is C16H23BrN2O2. The Morgan fingerprint density at radius 3 is 2.76 bits per heavy atom. The molecule has 1 aliphatic rings. The van der Waals surface area contributed by atoms with Gasteiger partial charge in [0.15, 0.2) is 0 Å². The van der Waals surface area contributed by atoms with Crippen molar-refractivity contribution >= 4 is 21.8 Å². The molecule has 5 heteroatoms. The van der Waals surface area contributed by atoms with Gasteiger partial charge in [-0.2, -0.15) is 0 Å². The lowest BCUT2D eigenvalue weighted by Gasteiger charge is -2.28. The van der Waals surface area contributed by atoms with Crippen LogP contribution in [0.15, 0.2) is 22.7 Å². The van der Waals surface area contributed by atoms with Crippen molar-refractivity contribution in [3.63, 3.8) is 0 Å². The van der Waals surface area contributed by atoms with E-state index in [0.717, 1.165) is 29.1 Å². The predicted octanol–water partition coefficient (Wildman–Crippen LogP) is 2.92. The van der Waals surface area contributed by atoms with Crippen LogP contribution < -0.4 is 10.1 Å². The quantitative estimate of drug-likeness (QED) is 0.883. The van der Waals surface area contributed by atoms with E-state index in [2.05, 4.69) is 33.2 Å². The summed E-state index contributed by atoms with van der Waals surface area (Å²) in [6.45, 7) is 3.09. The van der Waals surface area contributed by atoms with E-state index in [4.69, 9.17) is 4.74 Å². The van der Waals surface area contributed by atoms with E-state index in [1.807, 2.05) is 0 Å². The first-order chi connectivity index (χ1) is 10.1. The van der Waals surface area contributed by atoms with Crippen LogP contribution in [0.25, 0.3) is 0 Å². The fourth-order valence-corrected chi connectivity index (χ4v) is 3.19. The number of halogens is 1. The highest BCUT2D eigenvalue weighted by Gasteiger charge is 2.16. The van der Waals surface area contributed by atoms with E-state index < -0.39 is 0 Å². The standard InChI is InChI=1S/C16H23BrN2O2/c1-19-9-6-12(7-10-19)5-8-18-16(20)13-3-4-15(21-2)14(17)11-13/h3-4,11-12H,5-10H2,1-2H3,(H,18,20). The topological polar surface area (TPSA) is 41.6 Å². The fourth-order valence-electron chi connectivity index (χ4n) is 2.65. The number of nitrogens with one attached hydrogen (secondary N) is 1. The highest BCUT2D eigenvalue weighted by molar-refractivity contribution is 9.10. The Morgan fingerprint density at radius 1 is 1.43 bits per heavy atom. The van der Waals surface area contributed by atoms with Crippen molar-refractivity contribution in [2.75, 3.05) is 33.8 Å². The number of piperidine rings is 1. The Hall–Kier alpha value is -1.07. The minimum Gasteiger partial charge on any atom is -0.496 e. The molecule has 0 bridgehead atoms. The molecule has 0 unspecified atom stereocenters. The number of carbonyl (C=O) groups excluding carboxylic acids is 1. The van der Waals surface area contributed by atoms with Crippen molar-refractivity contribution in [3.05, 3.63) is 28.2 Å². The van der Waals surface area contributed by atoms with Crippen LogP contribution in [0.4, 0.5) is 0 Å². The Balaban J connectivity index is 1.78. The number of amides is 1. The van der Waals surface area contributed by atoms with Gasteiger partial charge in [-0.25, -0.2) is 0 Å². The van der Waals surface area contributed by atoms with Crippen LogP contribution in [-0.4, -0.2) is 44.6 Å². The number of hydrogen-bond donors (Lipinski definition) is 1. The first-order valence-corrected chi connectivity index (χ1v) is 8.19. The van der Waals surface area contributed by atoms with Gasteiger partial charge in [0.05, 0.1) is 11.6 Å². The number of ether oxygens (including phenoxy) is 1. The maximum atomic E-state index is 12.1. The number of carbonyl (C=O) groups is 1. The van der Waals surface area contributed by atoms with Gasteiger partial charge < -0.3 is 15.0 Å². The van der Waals surface area contributed by atoms with E-state index in [1.54, 1.807) is 25.3 Å². The molecule has 0 atom stereocenters. The zero-order valence-electron chi connectivity index (χ0n) is 12.7. The maximum Gasteiger partial charge on any atom is 0.251 e. The van der Waals surface area contributed by atoms with Crippen LogP contribution in [0.1, 0.15) is 29.6 Å². The average Bonchev–Trinajstić information content (AvgIpc) is 2.49. The van der Waals surface area contributed by atoms with Gasteiger partial charge in [0.25, 0.3) is 5.91 Å². The molecule has 0 saturated carbocycles. The lowest BCUT2D eigenvalue weighted by molar-refractivity contribution is 0.0949. The molecule has 0 aromatic heterocycles. The summed E-state index contributed by atoms with van der Waals surface area (Å²) in [6, 6.07) is 5.38. The Bertz CT molecular complexity index is 485. The van der Waals surface area contributed by atoms with Crippen LogP contribution in [0, 0.1) is 5.92 Å². The molecule has 116 valence electrons. The van der Waals surface area contributed by atoms with Crippen molar-refractivity contribution < 1.29 is 9.53 Å². The first kappa shape index (κ1) is 16.3. The molecule has 1 heterocycles. The fraction of sp³-hybridized carbons (Fsp3) is 0.562. The largest absolute Gasteiger partial charge is 0.496 e. The Kier molecular flexibility index (Phi) is 6.06. The smallest absolute Gasteiger partial charge is 0.251 e. The maximum absolute atomic E-state index is 12.1. The normalized spacial score (nSPS) is 16.7. The summed E-state index contributed by atoms with van der Waals surface area (Å²) in [7, 11) is 3.78. The van der Waals surface area contributed by atoms with Gasteiger partial charge in [0.2, 0.25) is 0 Å². The average molecular weight is 355 g/mol. The minimum atomic E-state index is -0.0220. The van der Waals surface area contributed by atoms with Gasteiger partial charge in [0, 0.05) is 12.1 Å². The number of nitrogens with zero attached hydrogens (tertiary/aromatic N) is 1. The number of benzene rings is 1. The lowest BCUT2D eigenvalue weighted by Crippen LogP contribution is -2.32. The van der Waals surface area contributed by atoms with Crippen molar-refractivity contribution in [1.29, 1.82) is 0 Å². The molecule has 1 N–H and O–H groups in total. The van der Waals surface area contributed by atoms with Crippen LogP contribution in [-0.2, 0) is 0 Å². The van der Waals surface area contributed by atoms with Gasteiger partial charge in [-0.1, -0.05) is 0 Å². The molecule has 1 aliphatic heterocycles. The van der Waals surface area contributed by atoms with Crippen LogP contribution in [0.2, 0.25) is 0 Å². The van der Waals surface area contributed by atoms with Gasteiger partial charge in [-0.05, 0) is 79.4 Å². The summed E-state index contributed by atoms with van der Waals surface area (Å²) < 4.78 is 5.97. The Morgan fingerprint density at radius 2 is 2.14 bits per heavy atom. The van der Waals surface area contributed by atoms with Gasteiger partial charge in [-0.15, -0.1) is 0 Å². The summed E-state index contributed by atoms with van der Waals surface area (Å²) >= 11 is 3.40. The number of rotatable bonds is 5. The van der Waals surface area contributed by atoms with Crippen molar-refractivity contribution in [1.82, 2.24) is 10.2 Å². The first-order valence-electron chi connectivity index (χ1n) is 7.40. The van der Waals surface area contributed by atoms with E-state index >= 15 is 0 Å². The third kappa shape index (κ3) is 4.71. The molecule has 1 fully saturated rings. The van der Waals surface area contributed by atoms with Gasteiger partial charge >= 0.3 is 0 Å². The van der Waals surface area contributed by atoms with Gasteiger partial charge in [-0.3, -0.25) is 4.79 Å². The monoisotopic (exact) mass is 354 g/mol. The number of hydrogen-bond acceptors (Lipinski definition) is 3. The highest BCUT2D eigenvalue weighted by Crippen LogP contribution is 2.25. The second kappa shape index (κ2) is 7.80. The van der Waals surface area contributed by atoms with Crippen LogP contribution >= 0.6 is 15.9 Å². The summed E-state index contributed by atoms with van der Waals surface area (Å²) in [5.41, 5.74) is 0.658. The molecule has 1 aromatic rings. The van der Waals surface area contributed by atoms with E-state index in [-0.39, 0.29) is 5.91 Å². The molecule has 4 nitrogen and oxygen atoms in total. The molecule has 0 spiro atoms. The zero-order valence-corrected chi connectivity index (χ0v) is 14.3. The predicted molar refractivity (Wildman–Crippen MR) is 87.9 cm³/mol. The lowest BCUT2D eigenvalue weighted by atomic mass is 9.94. The van der Waals surface area contributed by atoms with Crippen LogP contribution in [0.5, 0.6) is 5.75 Å². The second-order valence-corrected chi connectivity index (χ2v) is 6.49. The summed E-state index contributed by atoms with van der Waals surface area (Å²) in [5.74, 6) is 1.45.